The van der Waals surface area contributed by atoms with Crippen LogP contribution in [0.3, 0.4) is 0 Å². The molecule has 1 aliphatic heterocycles. The fraction of sp³-hybridized carbons (Fsp3) is 0.156. The third-order valence-electron chi connectivity index (χ3n) is 7.27. The van der Waals surface area contributed by atoms with Gasteiger partial charge in [0.1, 0.15) is 5.75 Å². The van der Waals surface area contributed by atoms with Gasteiger partial charge in [0.2, 0.25) is 5.91 Å². The minimum atomic E-state index is -0.201. The van der Waals surface area contributed by atoms with Crippen molar-refractivity contribution in [2.45, 2.75) is 18.5 Å². The molecule has 0 aliphatic carbocycles. The maximum Gasteiger partial charge on any atom is 0.226 e. The first kappa shape index (κ1) is 25.6. The first-order chi connectivity index (χ1) is 19.6. The number of methoxy groups -OCH3 is 1. The Bertz CT molecular complexity index is 1660. The molecule has 8 heteroatoms. The van der Waals surface area contributed by atoms with Crippen molar-refractivity contribution in [2.24, 2.45) is 0 Å². The molecule has 0 radical (unpaired) electrons. The summed E-state index contributed by atoms with van der Waals surface area (Å²) in [6.45, 7) is 0.438. The Morgan fingerprint density at radius 2 is 1.77 bits per heavy atom. The van der Waals surface area contributed by atoms with Crippen molar-refractivity contribution in [1.29, 1.82) is 0 Å². The summed E-state index contributed by atoms with van der Waals surface area (Å²) in [6.07, 6.45) is 4.08. The molecule has 1 saturated heterocycles. The molecule has 1 aliphatic rings. The first-order valence-corrected chi connectivity index (χ1v) is 13.6. The second kappa shape index (κ2) is 11.2. The summed E-state index contributed by atoms with van der Waals surface area (Å²) in [4.78, 5) is 19.9. The Hall–Kier alpha value is -4.69. The zero-order valence-electron chi connectivity index (χ0n) is 22.0. The van der Waals surface area contributed by atoms with Crippen LogP contribution in [0.5, 0.6) is 5.75 Å². The van der Waals surface area contributed by atoms with Crippen LogP contribution in [0.25, 0.3) is 16.5 Å². The molecule has 1 fully saturated rings. The lowest BCUT2D eigenvalue weighted by molar-refractivity contribution is -0.116. The summed E-state index contributed by atoms with van der Waals surface area (Å²) in [7, 11) is 1.67. The van der Waals surface area contributed by atoms with Crippen LogP contribution in [0.1, 0.15) is 29.9 Å². The Morgan fingerprint density at radius 3 is 2.62 bits per heavy atom. The number of hydrogen-bond donors (Lipinski definition) is 2. The molecule has 0 spiro atoms. The number of thiocarbonyl (C=S) groups is 1. The Balaban J connectivity index is 1.30. The largest absolute Gasteiger partial charge is 0.495 e. The van der Waals surface area contributed by atoms with Crippen LogP contribution in [-0.2, 0) is 4.79 Å². The third-order valence-corrected chi connectivity index (χ3v) is 7.62. The summed E-state index contributed by atoms with van der Waals surface area (Å²) in [5.41, 5.74) is 3.63. The van der Waals surface area contributed by atoms with Gasteiger partial charge < -0.3 is 24.8 Å². The van der Waals surface area contributed by atoms with E-state index in [0.717, 1.165) is 39.3 Å². The van der Waals surface area contributed by atoms with Gasteiger partial charge in [-0.05, 0) is 60.1 Å². The Kier molecular flexibility index (Phi) is 7.16. The smallest absolute Gasteiger partial charge is 0.226 e. The van der Waals surface area contributed by atoms with Crippen molar-refractivity contribution in [3.05, 3.63) is 121 Å². The number of carbonyl (C=O) groups excluding carboxylic acids is 1. The molecule has 0 saturated carbocycles. The zero-order chi connectivity index (χ0) is 27.5. The topological polar surface area (TPSA) is 71.4 Å². The lowest BCUT2D eigenvalue weighted by Gasteiger charge is -2.29. The molecule has 40 heavy (non-hydrogen) atoms. The van der Waals surface area contributed by atoms with E-state index in [1.165, 1.54) is 0 Å². The second-order valence-electron chi connectivity index (χ2n) is 9.62. The molecule has 3 heterocycles. The number of nitrogens with one attached hydrogen (secondary N) is 2. The lowest BCUT2D eigenvalue weighted by Crippen LogP contribution is -2.33. The minimum Gasteiger partial charge on any atom is -0.495 e. The highest BCUT2D eigenvalue weighted by molar-refractivity contribution is 7.80. The van der Waals surface area contributed by atoms with Crippen molar-refractivity contribution in [3.63, 3.8) is 0 Å². The summed E-state index contributed by atoms with van der Waals surface area (Å²) in [5.74, 6) is 0.697. The van der Waals surface area contributed by atoms with Gasteiger partial charge in [0.05, 0.1) is 30.6 Å². The van der Waals surface area contributed by atoms with Crippen molar-refractivity contribution in [1.82, 2.24) is 19.8 Å². The third kappa shape index (κ3) is 4.89. The number of aromatic nitrogens is 2. The summed E-state index contributed by atoms with van der Waals surface area (Å²) in [6, 6.07) is 31.5. The van der Waals surface area contributed by atoms with Gasteiger partial charge in [-0.25, -0.2) is 0 Å². The van der Waals surface area contributed by atoms with E-state index >= 15 is 0 Å². The predicted molar refractivity (Wildman–Crippen MR) is 162 cm³/mol. The van der Waals surface area contributed by atoms with E-state index in [2.05, 4.69) is 31.2 Å². The molecule has 200 valence electrons. The highest BCUT2D eigenvalue weighted by Gasteiger charge is 2.41. The zero-order valence-corrected chi connectivity index (χ0v) is 22.8. The molecule has 2 N–H and O–H groups in total. The van der Waals surface area contributed by atoms with Crippen LogP contribution in [0, 0.1) is 0 Å². The van der Waals surface area contributed by atoms with Crippen molar-refractivity contribution in [2.75, 3.05) is 19.0 Å². The maximum atomic E-state index is 13.2. The summed E-state index contributed by atoms with van der Waals surface area (Å²) < 4.78 is 7.79. The van der Waals surface area contributed by atoms with E-state index in [0.29, 0.717) is 11.7 Å². The van der Waals surface area contributed by atoms with E-state index in [9.17, 15) is 4.79 Å². The Labute approximate surface area is 238 Å². The number of benzene rings is 3. The van der Waals surface area contributed by atoms with E-state index in [-0.39, 0.29) is 24.4 Å². The van der Waals surface area contributed by atoms with Gasteiger partial charge in [-0.2, -0.15) is 0 Å². The van der Waals surface area contributed by atoms with Crippen molar-refractivity contribution < 1.29 is 9.53 Å². The number of fused-ring (bicyclic) bond motifs is 1. The van der Waals surface area contributed by atoms with Crippen LogP contribution in [0.15, 0.2) is 109 Å². The van der Waals surface area contributed by atoms with Gasteiger partial charge in [-0.15, -0.1) is 0 Å². The highest BCUT2D eigenvalue weighted by Crippen LogP contribution is 2.40. The quantitative estimate of drug-likeness (QED) is 0.231. The number of hydrogen-bond acceptors (Lipinski definition) is 4. The van der Waals surface area contributed by atoms with E-state index in [1.54, 1.807) is 13.3 Å². The molecule has 7 nitrogen and oxygen atoms in total. The number of para-hydroxylation sites is 2. The monoisotopic (exact) mass is 547 g/mol. The van der Waals surface area contributed by atoms with Crippen molar-refractivity contribution >= 4 is 39.7 Å². The normalized spacial score (nSPS) is 16.6. The molecule has 1 amide bonds. The number of nitrogens with zero attached hydrogens (tertiary/aromatic N) is 3. The Morgan fingerprint density at radius 1 is 0.975 bits per heavy atom. The molecule has 2 atom stereocenters. The molecule has 3 aromatic carbocycles. The molecule has 0 bridgehead atoms. The number of carbonyl (C=O) groups is 1. The maximum absolute atomic E-state index is 13.2. The second-order valence-corrected chi connectivity index (χ2v) is 10.0. The number of ether oxygens (including phenoxy) is 1. The fourth-order valence-corrected chi connectivity index (χ4v) is 5.75. The number of rotatable bonds is 8. The highest BCUT2D eigenvalue weighted by atomic mass is 32.1. The van der Waals surface area contributed by atoms with Gasteiger partial charge in [-0.3, -0.25) is 9.78 Å². The average molecular weight is 548 g/mol. The van der Waals surface area contributed by atoms with Gasteiger partial charge in [0, 0.05) is 42.1 Å². The molecular formula is C32H29N5O2S. The van der Waals surface area contributed by atoms with E-state index in [4.69, 9.17) is 17.0 Å². The summed E-state index contributed by atoms with van der Waals surface area (Å²) in [5, 5.41) is 9.27. The van der Waals surface area contributed by atoms with Crippen LogP contribution in [0.4, 0.5) is 5.69 Å². The van der Waals surface area contributed by atoms with Gasteiger partial charge in [0.25, 0.3) is 0 Å². The van der Waals surface area contributed by atoms with Crippen LogP contribution >= 0.6 is 12.2 Å². The minimum absolute atomic E-state index is 0.0701. The van der Waals surface area contributed by atoms with E-state index < -0.39 is 0 Å². The van der Waals surface area contributed by atoms with Gasteiger partial charge in [-0.1, -0.05) is 54.6 Å². The van der Waals surface area contributed by atoms with Crippen molar-refractivity contribution in [3.8, 4) is 11.4 Å². The number of pyridine rings is 1. The standard InChI is InChI=1S/C32H29N5O2S/c1-39-28-17-5-4-15-26(28)36-20-9-16-27(36)31-30(25-13-6-7-19-33-25)35-32(40)37(31)21-18-29(38)34-24-14-8-11-22-10-2-3-12-23(22)24/h2-17,19-20,30-31H,18,21H2,1H3,(H,34,38)(H,35,40)/t30-,31+/m0/s1. The van der Waals surface area contributed by atoms with Crippen LogP contribution in [-0.4, -0.2) is 39.1 Å². The first-order valence-electron chi connectivity index (χ1n) is 13.2. The SMILES string of the molecule is COc1ccccc1-n1cccc1[C@@H]1[C@H](c2ccccn2)NC(=S)N1CCC(=O)Nc1cccc2ccccc12. The van der Waals surface area contributed by atoms with Gasteiger partial charge >= 0.3 is 0 Å². The molecule has 0 unspecified atom stereocenters. The lowest BCUT2D eigenvalue weighted by atomic mass is 10.0. The number of amides is 1. The summed E-state index contributed by atoms with van der Waals surface area (Å²) >= 11 is 5.84. The number of anilines is 1. The van der Waals surface area contributed by atoms with Crippen LogP contribution in [0.2, 0.25) is 0 Å². The molecular weight excluding hydrogens is 518 g/mol. The fourth-order valence-electron chi connectivity index (χ4n) is 5.42. The molecule has 2 aromatic heterocycles. The van der Waals surface area contributed by atoms with Crippen LogP contribution < -0.4 is 15.4 Å². The molecule has 6 rings (SSSR count). The van der Waals surface area contributed by atoms with Gasteiger partial charge in [0.15, 0.2) is 5.11 Å². The predicted octanol–water partition coefficient (Wildman–Crippen LogP) is 6.04. The molecule has 5 aromatic rings. The van der Waals surface area contributed by atoms with E-state index in [1.807, 2.05) is 97.2 Å². The average Bonchev–Trinajstić information content (AvgIpc) is 3.60.